The molecule has 46 heavy (non-hydrogen) atoms. The maximum absolute atomic E-state index is 14.9. The summed E-state index contributed by atoms with van der Waals surface area (Å²) in [5, 5.41) is 10.8. The number of para-hydroxylation sites is 1. The van der Waals surface area contributed by atoms with Gasteiger partial charge in [0.15, 0.2) is 0 Å². The first-order valence-electron chi connectivity index (χ1n) is 15.6. The summed E-state index contributed by atoms with van der Waals surface area (Å²) in [7, 11) is 1.57. The SMILES string of the molecule is C=CCN(C(=O)C1N([C@H](CO)c2ccccc2)C(=O)[C@@H]2[C@@H](C(=O)N(CC=C)c3ccccc3)[C@H]3CCC12O3)c1ccc(OC)cc1. The highest BCUT2D eigenvalue weighted by molar-refractivity contribution is 6.06. The van der Waals surface area contributed by atoms with Crippen LogP contribution >= 0.6 is 0 Å². The Morgan fingerprint density at radius 1 is 0.957 bits per heavy atom. The van der Waals surface area contributed by atoms with Gasteiger partial charge < -0.3 is 29.3 Å². The van der Waals surface area contributed by atoms with Crippen molar-refractivity contribution in [3.63, 3.8) is 0 Å². The second-order valence-corrected chi connectivity index (χ2v) is 11.9. The number of nitrogens with zero attached hydrogens (tertiary/aromatic N) is 3. The Morgan fingerprint density at radius 3 is 2.13 bits per heavy atom. The number of amides is 3. The molecule has 2 unspecified atom stereocenters. The maximum Gasteiger partial charge on any atom is 0.253 e. The Bertz CT molecular complexity index is 1600. The first-order chi connectivity index (χ1) is 22.4. The number of carbonyl (C=O) groups excluding carboxylic acids is 3. The molecular weight excluding hydrogens is 582 g/mol. The van der Waals surface area contributed by atoms with Gasteiger partial charge in [-0.1, -0.05) is 60.7 Å². The fraction of sp³-hybridized carbons (Fsp3) is 0.324. The van der Waals surface area contributed by atoms with Crippen LogP contribution in [0.5, 0.6) is 5.75 Å². The first-order valence-corrected chi connectivity index (χ1v) is 15.6. The molecule has 0 aromatic heterocycles. The number of hydrogen-bond donors (Lipinski definition) is 1. The van der Waals surface area contributed by atoms with Crippen molar-refractivity contribution in [1.82, 2.24) is 4.90 Å². The summed E-state index contributed by atoms with van der Waals surface area (Å²) in [6.45, 7) is 7.75. The van der Waals surface area contributed by atoms with Crippen LogP contribution in [0, 0.1) is 11.8 Å². The summed E-state index contributed by atoms with van der Waals surface area (Å²) in [4.78, 5) is 48.9. The lowest BCUT2D eigenvalue weighted by atomic mass is 9.70. The van der Waals surface area contributed by atoms with Crippen molar-refractivity contribution in [2.24, 2.45) is 11.8 Å². The van der Waals surface area contributed by atoms with Crippen molar-refractivity contribution in [1.29, 1.82) is 0 Å². The van der Waals surface area contributed by atoms with Crippen LogP contribution in [0.3, 0.4) is 0 Å². The fourth-order valence-electron chi connectivity index (χ4n) is 7.62. The molecular formula is C37H39N3O6. The number of methoxy groups -OCH3 is 1. The van der Waals surface area contributed by atoms with E-state index < -0.39 is 42.2 Å². The van der Waals surface area contributed by atoms with E-state index in [0.29, 0.717) is 35.5 Å². The molecule has 6 atom stereocenters. The number of rotatable bonds is 12. The highest BCUT2D eigenvalue weighted by atomic mass is 16.5. The standard InChI is InChI=1S/C37H39N3O6/c1-4-22-38(26-14-10-7-11-15-26)34(42)31-30-20-21-37(46-30)32(31)35(43)40(29(24-41)25-12-8-6-9-13-25)33(37)36(44)39(23-5-2)27-16-18-28(45-3)19-17-27/h4-19,29-33,41H,1-2,20-24H2,3H3/t29-,30-,31+,32+,33?,37?/m1/s1. The van der Waals surface area contributed by atoms with Crippen molar-refractivity contribution in [3.8, 4) is 5.75 Å². The predicted molar refractivity (Wildman–Crippen MR) is 175 cm³/mol. The quantitative estimate of drug-likeness (QED) is 0.298. The van der Waals surface area contributed by atoms with E-state index in [-0.39, 0.29) is 30.8 Å². The molecule has 9 nitrogen and oxygen atoms in total. The van der Waals surface area contributed by atoms with Gasteiger partial charge in [-0.05, 0) is 54.8 Å². The van der Waals surface area contributed by atoms with Crippen LogP contribution in [-0.4, -0.2) is 72.3 Å². The van der Waals surface area contributed by atoms with Crippen molar-refractivity contribution < 1.29 is 29.0 Å². The van der Waals surface area contributed by atoms with E-state index in [1.54, 1.807) is 53.3 Å². The van der Waals surface area contributed by atoms with Gasteiger partial charge in [0.05, 0.1) is 37.7 Å². The summed E-state index contributed by atoms with van der Waals surface area (Å²) >= 11 is 0. The smallest absolute Gasteiger partial charge is 0.253 e. The van der Waals surface area contributed by atoms with E-state index in [0.717, 1.165) is 0 Å². The Labute approximate surface area is 269 Å². The number of likely N-dealkylation sites (tertiary alicyclic amines) is 1. The summed E-state index contributed by atoms with van der Waals surface area (Å²) < 4.78 is 12.1. The van der Waals surface area contributed by atoms with Crippen LogP contribution in [0.4, 0.5) is 11.4 Å². The summed E-state index contributed by atoms with van der Waals surface area (Å²) in [6, 6.07) is 23.6. The van der Waals surface area contributed by atoms with Crippen LogP contribution < -0.4 is 14.5 Å². The summed E-state index contributed by atoms with van der Waals surface area (Å²) in [5.74, 6) is -2.08. The fourth-order valence-corrected chi connectivity index (χ4v) is 7.62. The normalized spacial score (nSPS) is 25.1. The van der Waals surface area contributed by atoms with Gasteiger partial charge in [0.2, 0.25) is 11.8 Å². The van der Waals surface area contributed by atoms with Gasteiger partial charge in [-0.2, -0.15) is 0 Å². The van der Waals surface area contributed by atoms with Crippen LogP contribution in [0.2, 0.25) is 0 Å². The second-order valence-electron chi connectivity index (χ2n) is 11.9. The van der Waals surface area contributed by atoms with Gasteiger partial charge in [-0.15, -0.1) is 13.2 Å². The van der Waals surface area contributed by atoms with Crippen molar-refractivity contribution >= 4 is 29.1 Å². The minimum atomic E-state index is -1.26. The van der Waals surface area contributed by atoms with Crippen LogP contribution in [0.15, 0.2) is 110 Å². The average Bonchev–Trinajstić information content (AvgIpc) is 3.74. The summed E-state index contributed by atoms with van der Waals surface area (Å²) in [5.41, 5.74) is 0.708. The van der Waals surface area contributed by atoms with Crippen molar-refractivity contribution in [3.05, 3.63) is 116 Å². The zero-order valence-corrected chi connectivity index (χ0v) is 25.9. The molecule has 3 heterocycles. The van der Waals surface area contributed by atoms with Gasteiger partial charge >= 0.3 is 0 Å². The monoisotopic (exact) mass is 621 g/mol. The minimum Gasteiger partial charge on any atom is -0.497 e. The molecule has 6 rings (SSSR count). The first kappa shape index (κ1) is 31.3. The molecule has 1 spiro atoms. The van der Waals surface area contributed by atoms with Gasteiger partial charge in [0.1, 0.15) is 17.4 Å². The molecule has 0 aliphatic carbocycles. The maximum atomic E-state index is 14.9. The molecule has 3 aliphatic heterocycles. The molecule has 3 aromatic rings. The lowest BCUT2D eigenvalue weighted by molar-refractivity contribution is -0.144. The van der Waals surface area contributed by atoms with Crippen LogP contribution in [-0.2, 0) is 19.1 Å². The minimum absolute atomic E-state index is 0.173. The molecule has 3 fully saturated rings. The number of hydrogen-bond acceptors (Lipinski definition) is 6. The van der Waals surface area contributed by atoms with E-state index in [1.807, 2.05) is 60.7 Å². The largest absolute Gasteiger partial charge is 0.497 e. The van der Waals surface area contributed by atoms with E-state index >= 15 is 0 Å². The Hall–Kier alpha value is -4.73. The summed E-state index contributed by atoms with van der Waals surface area (Å²) in [6.07, 6.45) is 3.70. The molecule has 1 N–H and O–H groups in total. The van der Waals surface area contributed by atoms with E-state index in [9.17, 15) is 19.5 Å². The molecule has 0 radical (unpaired) electrons. The highest BCUT2D eigenvalue weighted by Gasteiger charge is 2.75. The van der Waals surface area contributed by atoms with Gasteiger partial charge in [0, 0.05) is 24.5 Å². The average molecular weight is 622 g/mol. The Kier molecular flexibility index (Phi) is 8.80. The number of benzene rings is 3. The highest BCUT2D eigenvalue weighted by Crippen LogP contribution is 2.60. The number of anilines is 2. The number of aliphatic hydroxyl groups excluding tert-OH is 1. The zero-order valence-electron chi connectivity index (χ0n) is 25.9. The van der Waals surface area contributed by atoms with Crippen molar-refractivity contribution in [2.75, 3.05) is 36.6 Å². The predicted octanol–water partition coefficient (Wildman–Crippen LogP) is 4.54. The third-order valence-electron chi connectivity index (χ3n) is 9.56. The van der Waals surface area contributed by atoms with Crippen LogP contribution in [0.25, 0.3) is 0 Å². The van der Waals surface area contributed by atoms with Crippen LogP contribution in [0.1, 0.15) is 24.4 Å². The van der Waals surface area contributed by atoms with E-state index in [1.165, 1.54) is 4.90 Å². The molecule has 238 valence electrons. The molecule has 9 heteroatoms. The van der Waals surface area contributed by atoms with Crippen molar-refractivity contribution in [2.45, 2.75) is 36.6 Å². The number of ether oxygens (including phenoxy) is 2. The molecule has 3 saturated heterocycles. The second kappa shape index (κ2) is 12.9. The number of carbonyl (C=O) groups is 3. The van der Waals surface area contributed by atoms with Gasteiger partial charge in [0.25, 0.3) is 5.91 Å². The van der Waals surface area contributed by atoms with E-state index in [4.69, 9.17) is 9.47 Å². The Balaban J connectivity index is 1.46. The molecule has 2 bridgehead atoms. The zero-order chi connectivity index (χ0) is 32.4. The lowest BCUT2D eigenvalue weighted by Crippen LogP contribution is -2.57. The molecule has 3 amide bonds. The van der Waals surface area contributed by atoms with Gasteiger partial charge in [-0.3, -0.25) is 14.4 Å². The number of fused-ring (bicyclic) bond motifs is 1. The molecule has 3 aromatic carbocycles. The molecule has 0 saturated carbocycles. The number of aliphatic hydroxyl groups is 1. The Morgan fingerprint density at radius 2 is 1.54 bits per heavy atom. The van der Waals surface area contributed by atoms with E-state index in [2.05, 4.69) is 13.2 Å². The third-order valence-corrected chi connectivity index (χ3v) is 9.56. The van der Waals surface area contributed by atoms with Gasteiger partial charge in [-0.25, -0.2) is 0 Å². The topological polar surface area (TPSA) is 99.6 Å². The molecule has 3 aliphatic rings. The third kappa shape index (κ3) is 5.09. The lowest BCUT2D eigenvalue weighted by Gasteiger charge is -2.39.